The van der Waals surface area contributed by atoms with Crippen molar-refractivity contribution < 1.29 is 14.6 Å². The molecule has 0 fully saturated rings. The fourth-order valence-corrected chi connectivity index (χ4v) is 3.42. The molecular weight excluding hydrogens is 320 g/mol. The normalized spacial score (nSPS) is 12.8. The van der Waals surface area contributed by atoms with Crippen molar-refractivity contribution in [2.75, 3.05) is 12.9 Å². The Morgan fingerprint density at radius 2 is 1.92 bits per heavy atom. The summed E-state index contributed by atoms with van der Waals surface area (Å²) in [5.41, 5.74) is 5.62. The number of hydrogen-bond donors (Lipinski definition) is 1. The van der Waals surface area contributed by atoms with Gasteiger partial charge in [-0.05, 0) is 62.9 Å². The minimum absolute atomic E-state index is 0.719. The van der Waals surface area contributed by atoms with Crippen molar-refractivity contribution in [3.05, 3.63) is 58.2 Å². The van der Waals surface area contributed by atoms with Gasteiger partial charge in [0.05, 0.1) is 7.11 Å². The number of carbonyl (C=O) groups is 1. The molecule has 130 valence electrons. The smallest absolute Gasteiger partial charge is 0.328 e. The average molecular weight is 346 g/mol. The fraction of sp³-hybridized carbons (Fsp3) is 0.350. The number of aryl methyl sites for hydroxylation is 1. The Hall–Kier alpha value is -1.94. The van der Waals surface area contributed by atoms with E-state index < -0.39 is 5.97 Å². The standard InChI is InChI=1S/C20H26O3S/c1-13(10-19(21)22)8-7-9-14(2)12-24-20-15(3)11-18(23-6)16(4)17(20)5/h7-11H,12H2,1-6H3,(H,21,22). The van der Waals surface area contributed by atoms with Crippen molar-refractivity contribution >= 4 is 17.7 Å². The van der Waals surface area contributed by atoms with Crippen LogP contribution in [0, 0.1) is 20.8 Å². The van der Waals surface area contributed by atoms with Gasteiger partial charge in [0.25, 0.3) is 0 Å². The molecule has 0 amide bonds. The molecule has 4 heteroatoms. The van der Waals surface area contributed by atoms with Gasteiger partial charge in [0.2, 0.25) is 0 Å². The molecule has 3 nitrogen and oxygen atoms in total. The molecule has 0 aliphatic rings. The number of rotatable bonds is 7. The third-order valence-electron chi connectivity index (χ3n) is 3.73. The van der Waals surface area contributed by atoms with Crippen LogP contribution in [0.15, 0.2) is 46.4 Å². The van der Waals surface area contributed by atoms with E-state index in [0.29, 0.717) is 0 Å². The Bertz CT molecular complexity index is 697. The first-order valence-corrected chi connectivity index (χ1v) is 8.77. The first-order chi connectivity index (χ1) is 11.3. The van der Waals surface area contributed by atoms with E-state index in [9.17, 15) is 4.79 Å². The van der Waals surface area contributed by atoms with E-state index in [1.54, 1.807) is 20.1 Å². The Balaban J connectivity index is 2.79. The number of hydrogen-bond acceptors (Lipinski definition) is 3. The van der Waals surface area contributed by atoms with Crippen molar-refractivity contribution in [2.45, 2.75) is 39.5 Å². The number of benzene rings is 1. The van der Waals surface area contributed by atoms with Crippen LogP contribution in [0.2, 0.25) is 0 Å². The second-order valence-electron chi connectivity index (χ2n) is 5.86. The third-order valence-corrected chi connectivity index (χ3v) is 5.25. The molecule has 0 radical (unpaired) electrons. The minimum atomic E-state index is -0.922. The number of methoxy groups -OCH3 is 1. The highest BCUT2D eigenvalue weighted by Gasteiger charge is 2.11. The highest BCUT2D eigenvalue weighted by molar-refractivity contribution is 7.99. The van der Waals surface area contributed by atoms with Crippen molar-refractivity contribution in [1.82, 2.24) is 0 Å². The molecule has 0 heterocycles. The molecule has 0 aromatic heterocycles. The van der Waals surface area contributed by atoms with Gasteiger partial charge in [-0.2, -0.15) is 0 Å². The molecule has 0 saturated carbocycles. The second kappa shape index (κ2) is 9.38. The average Bonchev–Trinajstić information content (AvgIpc) is 2.50. The molecule has 1 N–H and O–H groups in total. The van der Waals surface area contributed by atoms with Crippen LogP contribution in [-0.4, -0.2) is 23.9 Å². The van der Waals surface area contributed by atoms with Crippen molar-refractivity contribution in [3.8, 4) is 5.75 Å². The van der Waals surface area contributed by atoms with Crippen LogP contribution in [0.1, 0.15) is 30.5 Å². The van der Waals surface area contributed by atoms with Gasteiger partial charge >= 0.3 is 5.97 Å². The topological polar surface area (TPSA) is 46.5 Å². The molecule has 0 unspecified atom stereocenters. The predicted molar refractivity (Wildman–Crippen MR) is 102 cm³/mol. The molecule has 0 spiro atoms. The Morgan fingerprint density at radius 3 is 2.50 bits per heavy atom. The Kier molecular flexibility index (Phi) is 7.86. The van der Waals surface area contributed by atoms with E-state index in [-0.39, 0.29) is 0 Å². The maximum Gasteiger partial charge on any atom is 0.328 e. The van der Waals surface area contributed by atoms with Crippen LogP contribution in [0.25, 0.3) is 0 Å². The Morgan fingerprint density at radius 1 is 1.25 bits per heavy atom. The monoisotopic (exact) mass is 346 g/mol. The van der Waals surface area contributed by atoms with Crippen LogP contribution >= 0.6 is 11.8 Å². The van der Waals surface area contributed by atoms with E-state index in [1.807, 2.05) is 23.9 Å². The summed E-state index contributed by atoms with van der Waals surface area (Å²) in [5, 5.41) is 8.68. The molecule has 0 atom stereocenters. The quantitative estimate of drug-likeness (QED) is 0.416. The first kappa shape index (κ1) is 20.1. The zero-order valence-electron chi connectivity index (χ0n) is 15.3. The number of carboxylic acid groups (broad SMARTS) is 1. The largest absolute Gasteiger partial charge is 0.496 e. The van der Waals surface area contributed by atoms with Crippen LogP contribution in [0.5, 0.6) is 5.75 Å². The molecule has 1 aromatic carbocycles. The van der Waals surface area contributed by atoms with Crippen LogP contribution in [-0.2, 0) is 4.79 Å². The van der Waals surface area contributed by atoms with Gasteiger partial charge in [-0.15, -0.1) is 11.8 Å². The number of carboxylic acids is 1. The van der Waals surface area contributed by atoms with E-state index in [2.05, 4.69) is 33.8 Å². The van der Waals surface area contributed by atoms with E-state index in [1.165, 1.54) is 33.2 Å². The first-order valence-electron chi connectivity index (χ1n) is 7.79. The zero-order chi connectivity index (χ0) is 18.3. The molecule has 1 rings (SSSR count). The summed E-state index contributed by atoms with van der Waals surface area (Å²) in [6.07, 6.45) is 6.91. The predicted octanol–water partition coefficient (Wildman–Crippen LogP) is 5.25. The number of thioether (sulfide) groups is 1. The second-order valence-corrected chi connectivity index (χ2v) is 6.85. The van der Waals surface area contributed by atoms with Gasteiger partial charge in [0.15, 0.2) is 0 Å². The van der Waals surface area contributed by atoms with E-state index in [4.69, 9.17) is 9.84 Å². The maximum absolute atomic E-state index is 10.6. The lowest BCUT2D eigenvalue weighted by atomic mass is 10.1. The lowest BCUT2D eigenvalue weighted by molar-refractivity contribution is -0.131. The zero-order valence-corrected chi connectivity index (χ0v) is 16.1. The number of ether oxygens (including phenoxy) is 1. The summed E-state index contributed by atoms with van der Waals surface area (Å²) in [6.45, 7) is 10.2. The van der Waals surface area contributed by atoms with Crippen LogP contribution in [0.3, 0.4) is 0 Å². The minimum Gasteiger partial charge on any atom is -0.496 e. The SMILES string of the molecule is COc1cc(C)c(SCC(C)=CC=CC(C)=CC(=O)O)c(C)c1C. The van der Waals surface area contributed by atoms with Gasteiger partial charge in [-0.1, -0.05) is 23.8 Å². The van der Waals surface area contributed by atoms with Crippen LogP contribution < -0.4 is 4.74 Å². The lowest BCUT2D eigenvalue weighted by Gasteiger charge is -2.15. The van der Waals surface area contributed by atoms with E-state index >= 15 is 0 Å². The summed E-state index contributed by atoms with van der Waals surface area (Å²) < 4.78 is 5.41. The molecule has 0 saturated heterocycles. The summed E-state index contributed by atoms with van der Waals surface area (Å²) in [4.78, 5) is 11.9. The fourth-order valence-electron chi connectivity index (χ4n) is 2.30. The molecule has 0 aliphatic carbocycles. The molecule has 1 aromatic rings. The maximum atomic E-state index is 10.6. The highest BCUT2D eigenvalue weighted by Crippen LogP contribution is 2.34. The summed E-state index contributed by atoms with van der Waals surface area (Å²) in [7, 11) is 1.70. The third kappa shape index (κ3) is 5.93. The summed E-state index contributed by atoms with van der Waals surface area (Å²) >= 11 is 1.82. The summed E-state index contributed by atoms with van der Waals surface area (Å²) in [6, 6.07) is 2.09. The van der Waals surface area contributed by atoms with E-state index in [0.717, 1.165) is 17.1 Å². The number of aliphatic carboxylic acids is 1. The highest BCUT2D eigenvalue weighted by atomic mass is 32.2. The number of allylic oxidation sites excluding steroid dienone is 4. The van der Waals surface area contributed by atoms with Crippen molar-refractivity contribution in [3.63, 3.8) is 0 Å². The van der Waals surface area contributed by atoms with Gasteiger partial charge < -0.3 is 9.84 Å². The van der Waals surface area contributed by atoms with Crippen molar-refractivity contribution in [2.24, 2.45) is 0 Å². The lowest BCUT2D eigenvalue weighted by Crippen LogP contribution is -1.96. The summed E-state index contributed by atoms with van der Waals surface area (Å²) in [5.74, 6) is 0.902. The van der Waals surface area contributed by atoms with Crippen molar-refractivity contribution in [1.29, 1.82) is 0 Å². The molecule has 0 aliphatic heterocycles. The molecular formula is C20H26O3S. The van der Waals surface area contributed by atoms with Gasteiger partial charge in [0.1, 0.15) is 5.75 Å². The Labute approximate surface area is 149 Å². The molecule has 0 bridgehead atoms. The molecule has 24 heavy (non-hydrogen) atoms. The van der Waals surface area contributed by atoms with Gasteiger partial charge in [-0.25, -0.2) is 4.79 Å². The van der Waals surface area contributed by atoms with Gasteiger partial charge in [0, 0.05) is 16.7 Å². The van der Waals surface area contributed by atoms with Crippen LogP contribution in [0.4, 0.5) is 0 Å². The van der Waals surface area contributed by atoms with Gasteiger partial charge in [-0.3, -0.25) is 0 Å².